The van der Waals surface area contributed by atoms with Gasteiger partial charge in [0, 0.05) is 15.3 Å². The van der Waals surface area contributed by atoms with Crippen molar-refractivity contribution in [1.82, 2.24) is 0 Å². The van der Waals surface area contributed by atoms with E-state index >= 15 is 0 Å². The molecule has 1 aliphatic rings. The lowest BCUT2D eigenvalue weighted by Gasteiger charge is -2.11. The highest BCUT2D eigenvalue weighted by atomic mass is 79.9. The number of alkyl halides is 1. The minimum atomic E-state index is 0.705. The first-order chi connectivity index (χ1) is 7.84. The number of hydrogen-bond acceptors (Lipinski definition) is 2. The lowest BCUT2D eigenvalue weighted by Crippen LogP contribution is -2.13. The largest absolute Gasteiger partial charge is 0.160 e. The molecule has 2 unspecified atom stereocenters. The van der Waals surface area contributed by atoms with Gasteiger partial charge in [-0.3, -0.25) is 0 Å². The summed E-state index contributed by atoms with van der Waals surface area (Å²) in [5, 5.41) is 3.80. The average Bonchev–Trinajstić information content (AvgIpc) is 2.88. The maximum absolute atomic E-state index is 3.80. The molecule has 0 amide bonds. The normalized spacial score (nSPS) is 25.3. The van der Waals surface area contributed by atoms with Gasteiger partial charge in [-0.2, -0.15) is 11.8 Å². The Bertz CT molecular complexity index is 491. The fourth-order valence-electron chi connectivity index (χ4n) is 2.23. The molecule has 0 radical (unpaired) electrons. The van der Waals surface area contributed by atoms with Gasteiger partial charge in [-0.1, -0.05) is 34.1 Å². The SMILES string of the molecule is BrC1CSCC1Cc1csc2ccccc12. The fraction of sp³-hybridized carbons (Fsp3) is 0.385. The molecule has 1 aliphatic heterocycles. The van der Waals surface area contributed by atoms with Crippen LogP contribution in [0.4, 0.5) is 0 Å². The third-order valence-corrected chi connectivity index (χ3v) is 6.93. The smallest absolute Gasteiger partial charge is 0.0345 e. The van der Waals surface area contributed by atoms with E-state index < -0.39 is 0 Å². The number of halogens is 1. The zero-order valence-electron chi connectivity index (χ0n) is 8.86. The molecule has 2 atom stereocenters. The van der Waals surface area contributed by atoms with Gasteiger partial charge < -0.3 is 0 Å². The second-order valence-electron chi connectivity index (χ2n) is 4.27. The van der Waals surface area contributed by atoms with Crippen LogP contribution in [0.25, 0.3) is 10.1 Å². The number of thiophene rings is 1. The van der Waals surface area contributed by atoms with Crippen molar-refractivity contribution in [2.24, 2.45) is 5.92 Å². The fourth-order valence-corrected chi connectivity index (χ4v) is 5.68. The Labute approximate surface area is 113 Å². The van der Waals surface area contributed by atoms with Gasteiger partial charge in [-0.15, -0.1) is 11.3 Å². The van der Waals surface area contributed by atoms with Crippen LogP contribution in [0, 0.1) is 5.92 Å². The molecule has 0 N–H and O–H groups in total. The lowest BCUT2D eigenvalue weighted by atomic mass is 9.98. The van der Waals surface area contributed by atoms with Gasteiger partial charge in [0.2, 0.25) is 0 Å². The summed E-state index contributed by atoms with van der Waals surface area (Å²) in [4.78, 5) is 0.705. The Balaban J connectivity index is 1.89. The van der Waals surface area contributed by atoms with Crippen LogP contribution in [0.2, 0.25) is 0 Å². The zero-order valence-corrected chi connectivity index (χ0v) is 12.1. The molecule has 84 valence electrons. The zero-order chi connectivity index (χ0) is 11.0. The molecule has 0 bridgehead atoms. The van der Waals surface area contributed by atoms with E-state index in [1.807, 2.05) is 11.3 Å². The van der Waals surface area contributed by atoms with Crippen LogP contribution >= 0.6 is 39.0 Å². The monoisotopic (exact) mass is 312 g/mol. The van der Waals surface area contributed by atoms with Crippen LogP contribution in [0.1, 0.15) is 5.56 Å². The Hall–Kier alpha value is 0.01000. The molecular formula is C13H13BrS2. The van der Waals surface area contributed by atoms with Gasteiger partial charge in [0.15, 0.2) is 0 Å². The van der Waals surface area contributed by atoms with E-state index in [1.165, 1.54) is 33.6 Å². The molecule has 0 nitrogen and oxygen atoms in total. The molecule has 2 aromatic rings. The predicted molar refractivity (Wildman–Crippen MR) is 79.1 cm³/mol. The van der Waals surface area contributed by atoms with Crippen molar-refractivity contribution in [3.63, 3.8) is 0 Å². The van der Waals surface area contributed by atoms with Crippen molar-refractivity contribution in [2.75, 3.05) is 11.5 Å². The number of fused-ring (bicyclic) bond motifs is 1. The van der Waals surface area contributed by atoms with Crippen LogP contribution in [0.3, 0.4) is 0 Å². The van der Waals surface area contributed by atoms with E-state index in [0.717, 1.165) is 5.92 Å². The maximum Gasteiger partial charge on any atom is 0.0345 e. The summed E-state index contributed by atoms with van der Waals surface area (Å²) in [6.07, 6.45) is 1.23. The highest BCUT2D eigenvalue weighted by molar-refractivity contribution is 9.09. The summed E-state index contributed by atoms with van der Waals surface area (Å²) < 4.78 is 1.43. The van der Waals surface area contributed by atoms with E-state index in [4.69, 9.17) is 0 Å². The molecule has 1 fully saturated rings. The standard InChI is InChI=1S/C13H13BrS2/c14-12-8-15-6-10(12)5-9-7-16-13-4-2-1-3-11(9)13/h1-4,7,10,12H,5-6,8H2. The van der Waals surface area contributed by atoms with E-state index in [2.05, 4.69) is 57.3 Å². The molecule has 0 saturated carbocycles. The van der Waals surface area contributed by atoms with Gasteiger partial charge in [0.1, 0.15) is 0 Å². The number of benzene rings is 1. The average molecular weight is 313 g/mol. The number of hydrogen-bond donors (Lipinski definition) is 0. The first kappa shape index (κ1) is 11.1. The summed E-state index contributed by atoms with van der Waals surface area (Å²) in [6.45, 7) is 0. The van der Waals surface area contributed by atoms with E-state index in [9.17, 15) is 0 Å². The molecule has 2 heterocycles. The van der Waals surface area contributed by atoms with Crippen LogP contribution in [0.15, 0.2) is 29.6 Å². The quantitative estimate of drug-likeness (QED) is 0.732. The summed E-state index contributed by atoms with van der Waals surface area (Å²) in [6, 6.07) is 8.75. The minimum absolute atomic E-state index is 0.705. The van der Waals surface area contributed by atoms with E-state index in [1.54, 1.807) is 0 Å². The first-order valence-corrected chi connectivity index (χ1v) is 8.46. The van der Waals surface area contributed by atoms with Crippen molar-refractivity contribution < 1.29 is 0 Å². The summed E-state index contributed by atoms with van der Waals surface area (Å²) in [5.41, 5.74) is 1.54. The Morgan fingerprint density at radius 3 is 2.94 bits per heavy atom. The minimum Gasteiger partial charge on any atom is -0.160 e. The Morgan fingerprint density at radius 1 is 1.25 bits per heavy atom. The van der Waals surface area contributed by atoms with Crippen molar-refractivity contribution in [3.05, 3.63) is 35.2 Å². The maximum atomic E-state index is 3.80. The van der Waals surface area contributed by atoms with Gasteiger partial charge in [-0.05, 0) is 40.5 Å². The van der Waals surface area contributed by atoms with E-state index in [-0.39, 0.29) is 0 Å². The van der Waals surface area contributed by atoms with Gasteiger partial charge >= 0.3 is 0 Å². The Kier molecular flexibility index (Phi) is 3.27. The third-order valence-electron chi connectivity index (χ3n) is 3.16. The van der Waals surface area contributed by atoms with Crippen molar-refractivity contribution >= 4 is 49.1 Å². The van der Waals surface area contributed by atoms with Crippen LogP contribution in [-0.2, 0) is 6.42 Å². The second-order valence-corrected chi connectivity index (χ2v) is 7.44. The molecule has 1 aromatic heterocycles. The lowest BCUT2D eigenvalue weighted by molar-refractivity contribution is 0.619. The topological polar surface area (TPSA) is 0 Å². The Morgan fingerprint density at radius 2 is 2.12 bits per heavy atom. The molecule has 3 rings (SSSR count). The first-order valence-electron chi connectivity index (χ1n) is 5.51. The molecule has 1 aromatic carbocycles. The number of rotatable bonds is 2. The van der Waals surface area contributed by atoms with Crippen LogP contribution < -0.4 is 0 Å². The second kappa shape index (κ2) is 4.71. The van der Waals surface area contributed by atoms with Crippen LogP contribution in [-0.4, -0.2) is 16.3 Å². The molecule has 16 heavy (non-hydrogen) atoms. The molecular weight excluding hydrogens is 300 g/mol. The van der Waals surface area contributed by atoms with E-state index in [0.29, 0.717) is 4.83 Å². The van der Waals surface area contributed by atoms with Gasteiger partial charge in [-0.25, -0.2) is 0 Å². The summed E-state index contributed by atoms with van der Waals surface area (Å²) in [7, 11) is 0. The number of thioether (sulfide) groups is 1. The molecule has 3 heteroatoms. The molecule has 1 saturated heterocycles. The predicted octanol–water partition coefficient (Wildman–Crippen LogP) is 4.57. The van der Waals surface area contributed by atoms with Gasteiger partial charge in [0.05, 0.1) is 0 Å². The highest BCUT2D eigenvalue weighted by Crippen LogP contribution is 2.35. The van der Waals surface area contributed by atoms with Crippen molar-refractivity contribution in [2.45, 2.75) is 11.2 Å². The highest BCUT2D eigenvalue weighted by Gasteiger charge is 2.26. The van der Waals surface area contributed by atoms with Crippen molar-refractivity contribution in [1.29, 1.82) is 0 Å². The summed E-state index contributed by atoms with van der Waals surface area (Å²) in [5.74, 6) is 3.38. The molecule has 0 spiro atoms. The third kappa shape index (κ3) is 2.05. The van der Waals surface area contributed by atoms with Crippen LogP contribution in [0.5, 0.6) is 0 Å². The van der Waals surface area contributed by atoms with Crippen molar-refractivity contribution in [3.8, 4) is 0 Å². The van der Waals surface area contributed by atoms with Gasteiger partial charge in [0.25, 0.3) is 0 Å². The summed E-state index contributed by atoms with van der Waals surface area (Å²) >= 11 is 7.75. The molecule has 0 aliphatic carbocycles.